The van der Waals surface area contributed by atoms with Gasteiger partial charge >= 0.3 is 0 Å². The van der Waals surface area contributed by atoms with Crippen LogP contribution in [0.3, 0.4) is 0 Å². The third-order valence-electron chi connectivity index (χ3n) is 6.09. The van der Waals surface area contributed by atoms with Gasteiger partial charge in [0.15, 0.2) is 0 Å². The molecule has 2 saturated heterocycles. The van der Waals surface area contributed by atoms with Gasteiger partial charge in [-0.15, -0.1) is 0 Å². The molecule has 7 nitrogen and oxygen atoms in total. The Kier molecular flexibility index (Phi) is 6.60. The normalized spacial score (nSPS) is 21.3. The van der Waals surface area contributed by atoms with Crippen molar-refractivity contribution >= 4 is 15.9 Å². The lowest BCUT2D eigenvalue weighted by molar-refractivity contribution is -0.132. The van der Waals surface area contributed by atoms with Crippen molar-refractivity contribution in [1.29, 1.82) is 0 Å². The number of hydrogen-bond donors (Lipinski definition) is 0. The lowest BCUT2D eigenvalue weighted by atomic mass is 10.2. The van der Waals surface area contributed by atoms with Gasteiger partial charge in [-0.3, -0.25) is 9.69 Å². The molecule has 2 aliphatic heterocycles. The van der Waals surface area contributed by atoms with Crippen LogP contribution in [0.15, 0.2) is 59.5 Å². The fourth-order valence-corrected chi connectivity index (χ4v) is 5.90. The van der Waals surface area contributed by atoms with Crippen LogP contribution < -0.4 is 4.74 Å². The first-order chi connectivity index (χ1) is 15.0. The van der Waals surface area contributed by atoms with E-state index in [0.717, 1.165) is 25.1 Å². The first kappa shape index (κ1) is 21.8. The van der Waals surface area contributed by atoms with E-state index in [2.05, 4.69) is 4.90 Å². The molecule has 1 amide bonds. The number of carbonyl (C=O) groups is 1. The monoisotopic (exact) mass is 443 g/mol. The van der Waals surface area contributed by atoms with Gasteiger partial charge in [0.2, 0.25) is 15.9 Å². The Hall–Kier alpha value is -2.42. The van der Waals surface area contributed by atoms with Gasteiger partial charge in [-0.25, -0.2) is 8.42 Å². The zero-order chi connectivity index (χ0) is 21.8. The van der Waals surface area contributed by atoms with E-state index < -0.39 is 10.0 Å². The minimum atomic E-state index is -3.60. The Labute approximate surface area is 184 Å². The first-order valence-corrected chi connectivity index (χ1v) is 12.1. The maximum Gasteiger partial charge on any atom is 0.243 e. The van der Waals surface area contributed by atoms with E-state index in [-0.39, 0.29) is 16.8 Å². The van der Waals surface area contributed by atoms with Crippen LogP contribution in [-0.4, -0.2) is 74.3 Å². The van der Waals surface area contributed by atoms with Crippen LogP contribution >= 0.6 is 0 Å². The molecular weight excluding hydrogens is 414 g/mol. The second-order valence-electron chi connectivity index (χ2n) is 8.02. The number of rotatable bonds is 6. The molecule has 0 unspecified atom stereocenters. The number of sulfonamides is 1. The molecule has 31 heavy (non-hydrogen) atoms. The molecule has 8 heteroatoms. The number of hydrogen-bond acceptors (Lipinski definition) is 5. The van der Waals surface area contributed by atoms with Gasteiger partial charge < -0.3 is 9.64 Å². The third kappa shape index (κ3) is 4.76. The highest BCUT2D eigenvalue weighted by Crippen LogP contribution is 2.24. The summed E-state index contributed by atoms with van der Waals surface area (Å²) >= 11 is 0. The minimum absolute atomic E-state index is 0.146. The van der Waals surface area contributed by atoms with Crippen LogP contribution in [0.5, 0.6) is 5.75 Å². The van der Waals surface area contributed by atoms with Crippen molar-refractivity contribution < 1.29 is 17.9 Å². The Bertz CT molecular complexity index is 1010. The average Bonchev–Trinajstić information content (AvgIpc) is 2.99. The quantitative estimate of drug-likeness (QED) is 0.685. The summed E-state index contributed by atoms with van der Waals surface area (Å²) in [6.07, 6.45) is 1.49. The van der Waals surface area contributed by atoms with E-state index in [1.54, 1.807) is 24.3 Å². The molecule has 2 fully saturated rings. The summed E-state index contributed by atoms with van der Waals surface area (Å²) in [5.74, 6) is 0.667. The molecule has 2 aliphatic rings. The average molecular weight is 444 g/mol. The fourth-order valence-electron chi connectivity index (χ4n) is 4.40. The maximum atomic E-state index is 13.1. The molecule has 2 heterocycles. The molecule has 2 aromatic carbocycles. The highest BCUT2D eigenvalue weighted by Gasteiger charge is 2.37. The Morgan fingerprint density at radius 1 is 0.968 bits per heavy atom. The standard InChI is InChI=1S/C23H29N3O4S/c1-30-20-9-5-10-21(17-20)31(28,29)26-13-6-12-24(15-16-26)22-11-14-25(23(22)27)18-19-7-3-2-4-8-19/h2-5,7-10,17,22H,6,11-16,18H2,1H3/t22-/m0/s1. The highest BCUT2D eigenvalue weighted by molar-refractivity contribution is 7.89. The maximum absolute atomic E-state index is 13.1. The summed E-state index contributed by atoms with van der Waals surface area (Å²) in [5.41, 5.74) is 1.13. The lowest BCUT2D eigenvalue weighted by Gasteiger charge is -2.26. The number of ether oxygens (including phenoxy) is 1. The first-order valence-electron chi connectivity index (χ1n) is 10.7. The van der Waals surface area contributed by atoms with Gasteiger partial charge in [0.05, 0.1) is 18.0 Å². The number of nitrogens with zero attached hydrogens (tertiary/aromatic N) is 3. The molecule has 0 bridgehead atoms. The van der Waals surface area contributed by atoms with E-state index >= 15 is 0 Å². The van der Waals surface area contributed by atoms with E-state index in [0.29, 0.717) is 38.3 Å². The zero-order valence-electron chi connectivity index (χ0n) is 17.8. The van der Waals surface area contributed by atoms with E-state index in [4.69, 9.17) is 4.74 Å². The van der Waals surface area contributed by atoms with Crippen molar-refractivity contribution in [3.8, 4) is 5.75 Å². The summed E-state index contributed by atoms with van der Waals surface area (Å²) < 4.78 is 33.0. The van der Waals surface area contributed by atoms with E-state index in [9.17, 15) is 13.2 Å². The minimum Gasteiger partial charge on any atom is -0.497 e. The van der Waals surface area contributed by atoms with Gasteiger partial charge in [0.25, 0.3) is 0 Å². The van der Waals surface area contributed by atoms with Gasteiger partial charge in [-0.2, -0.15) is 4.31 Å². The number of likely N-dealkylation sites (tertiary alicyclic amines) is 1. The number of benzene rings is 2. The summed E-state index contributed by atoms with van der Waals surface area (Å²) in [6.45, 7) is 3.46. The Balaban J connectivity index is 1.40. The molecule has 4 rings (SSSR count). The number of carbonyl (C=O) groups excluding carboxylic acids is 1. The van der Waals surface area contributed by atoms with Gasteiger partial charge in [-0.1, -0.05) is 36.4 Å². The van der Waals surface area contributed by atoms with E-state index in [1.807, 2.05) is 35.2 Å². The smallest absolute Gasteiger partial charge is 0.243 e. The van der Waals surface area contributed by atoms with Gasteiger partial charge in [0.1, 0.15) is 5.75 Å². The van der Waals surface area contributed by atoms with Crippen molar-refractivity contribution in [2.24, 2.45) is 0 Å². The van der Waals surface area contributed by atoms with Crippen molar-refractivity contribution in [2.75, 3.05) is 39.8 Å². The van der Waals surface area contributed by atoms with Crippen molar-refractivity contribution in [3.05, 3.63) is 60.2 Å². The van der Waals surface area contributed by atoms with Crippen LogP contribution in [0.4, 0.5) is 0 Å². The Morgan fingerprint density at radius 3 is 2.55 bits per heavy atom. The number of amides is 1. The predicted molar refractivity (Wildman–Crippen MR) is 118 cm³/mol. The van der Waals surface area contributed by atoms with Crippen LogP contribution in [0.2, 0.25) is 0 Å². The van der Waals surface area contributed by atoms with Crippen LogP contribution in [0.25, 0.3) is 0 Å². The number of methoxy groups -OCH3 is 1. The van der Waals surface area contributed by atoms with Gasteiger partial charge in [0, 0.05) is 45.3 Å². The van der Waals surface area contributed by atoms with Crippen molar-refractivity contribution in [1.82, 2.24) is 14.1 Å². The second-order valence-corrected chi connectivity index (χ2v) is 9.96. The molecule has 0 radical (unpaired) electrons. The molecule has 0 N–H and O–H groups in total. The topological polar surface area (TPSA) is 70.2 Å². The van der Waals surface area contributed by atoms with Crippen LogP contribution in [0.1, 0.15) is 18.4 Å². The lowest BCUT2D eigenvalue weighted by Crippen LogP contribution is -2.44. The zero-order valence-corrected chi connectivity index (χ0v) is 18.6. The highest BCUT2D eigenvalue weighted by atomic mass is 32.2. The SMILES string of the molecule is COc1cccc(S(=O)(=O)N2CCCN([C@H]3CCN(Cc4ccccc4)C3=O)CC2)c1. The summed E-state index contributed by atoms with van der Waals surface area (Å²) in [5, 5.41) is 0. The second kappa shape index (κ2) is 9.38. The van der Waals surface area contributed by atoms with Gasteiger partial charge in [-0.05, 0) is 30.5 Å². The van der Waals surface area contributed by atoms with E-state index in [1.165, 1.54) is 11.4 Å². The molecule has 0 aromatic heterocycles. The van der Waals surface area contributed by atoms with Crippen LogP contribution in [0, 0.1) is 0 Å². The molecule has 0 spiro atoms. The van der Waals surface area contributed by atoms with Crippen molar-refractivity contribution in [3.63, 3.8) is 0 Å². The summed E-state index contributed by atoms with van der Waals surface area (Å²) in [4.78, 5) is 17.3. The van der Waals surface area contributed by atoms with Crippen LogP contribution in [-0.2, 0) is 21.4 Å². The Morgan fingerprint density at radius 2 is 1.77 bits per heavy atom. The largest absolute Gasteiger partial charge is 0.497 e. The molecule has 0 saturated carbocycles. The predicted octanol–water partition coefficient (Wildman–Crippen LogP) is 2.19. The fraction of sp³-hybridized carbons (Fsp3) is 0.435. The molecule has 0 aliphatic carbocycles. The third-order valence-corrected chi connectivity index (χ3v) is 7.99. The van der Waals surface area contributed by atoms with Crippen molar-refractivity contribution in [2.45, 2.75) is 30.3 Å². The molecular formula is C23H29N3O4S. The summed E-state index contributed by atoms with van der Waals surface area (Å²) in [6, 6.07) is 16.4. The molecule has 2 aromatic rings. The molecule has 1 atom stereocenters. The summed E-state index contributed by atoms with van der Waals surface area (Å²) in [7, 11) is -2.08. The molecule has 166 valence electrons.